The second-order valence-corrected chi connectivity index (χ2v) is 10.4. The molecule has 0 spiro atoms. The number of benzene rings is 3. The van der Waals surface area contributed by atoms with Gasteiger partial charge in [0.15, 0.2) is 0 Å². The highest BCUT2D eigenvalue weighted by molar-refractivity contribution is 7.92. The molecule has 0 radical (unpaired) electrons. The molecule has 0 heterocycles. The molecule has 3 aromatic rings. The monoisotopic (exact) mass is 513 g/mol. The number of hydrogen-bond donors (Lipinski definition) is 3. The van der Waals surface area contributed by atoms with Crippen LogP contribution in [0, 0.1) is 13.8 Å². The summed E-state index contributed by atoms with van der Waals surface area (Å²) in [5.74, 6) is -0.889. The predicted octanol–water partition coefficient (Wildman–Crippen LogP) is 5.54. The van der Waals surface area contributed by atoms with Crippen molar-refractivity contribution in [3.63, 3.8) is 0 Å². The lowest BCUT2D eigenvalue weighted by Gasteiger charge is -2.15. The predicted molar refractivity (Wildman–Crippen MR) is 140 cm³/mol. The third-order valence-corrected chi connectivity index (χ3v) is 7.51. The second kappa shape index (κ2) is 10.9. The van der Waals surface area contributed by atoms with E-state index in [0.29, 0.717) is 16.9 Å². The molecule has 7 nitrogen and oxygen atoms in total. The lowest BCUT2D eigenvalue weighted by molar-refractivity contribution is 0.0940. The van der Waals surface area contributed by atoms with Gasteiger partial charge in [-0.1, -0.05) is 36.7 Å². The van der Waals surface area contributed by atoms with Crippen LogP contribution < -0.4 is 15.4 Å². The van der Waals surface area contributed by atoms with Crippen molar-refractivity contribution in [2.24, 2.45) is 0 Å². The molecule has 0 bridgehead atoms. The first-order valence-corrected chi connectivity index (χ1v) is 13.0. The Kier molecular flexibility index (Phi) is 8.19. The van der Waals surface area contributed by atoms with Crippen LogP contribution in [-0.4, -0.2) is 26.3 Å². The molecule has 9 heteroatoms. The Hall–Kier alpha value is -3.36. The van der Waals surface area contributed by atoms with Crippen LogP contribution in [0.25, 0.3) is 0 Å². The molecule has 3 rings (SSSR count). The van der Waals surface area contributed by atoms with Crippen LogP contribution in [-0.2, 0) is 10.0 Å². The molecule has 35 heavy (non-hydrogen) atoms. The van der Waals surface area contributed by atoms with Crippen molar-refractivity contribution in [1.29, 1.82) is 0 Å². The third-order valence-electron chi connectivity index (χ3n) is 5.65. The summed E-state index contributed by atoms with van der Waals surface area (Å²) >= 11 is 6.19. The van der Waals surface area contributed by atoms with Gasteiger partial charge in [0.2, 0.25) is 0 Å². The van der Waals surface area contributed by atoms with Crippen molar-refractivity contribution >= 4 is 44.8 Å². The number of rotatable bonds is 8. The standard InChI is InChI=1S/C26H28ClN3O4S/c1-5-18(4)28-26(32)21-8-6-7-9-23(21)29-25(31)19-11-13-22(27)24(15-19)35(33,34)30-20-12-10-16(2)17(3)14-20/h6-15,18,30H,5H2,1-4H3,(H,28,32)(H,29,31). The Morgan fingerprint density at radius 3 is 2.34 bits per heavy atom. The van der Waals surface area contributed by atoms with E-state index in [1.807, 2.05) is 33.8 Å². The van der Waals surface area contributed by atoms with E-state index in [1.165, 1.54) is 18.2 Å². The van der Waals surface area contributed by atoms with Gasteiger partial charge in [0.1, 0.15) is 4.90 Å². The van der Waals surface area contributed by atoms with Gasteiger partial charge in [-0.05, 0) is 80.8 Å². The van der Waals surface area contributed by atoms with Crippen molar-refractivity contribution in [2.75, 3.05) is 10.0 Å². The van der Waals surface area contributed by atoms with E-state index in [4.69, 9.17) is 11.6 Å². The van der Waals surface area contributed by atoms with Crippen molar-refractivity contribution in [3.8, 4) is 0 Å². The molecule has 0 aliphatic carbocycles. The Labute approximate surface area is 211 Å². The molecule has 0 fully saturated rings. The van der Waals surface area contributed by atoms with Crippen LogP contribution in [0.3, 0.4) is 0 Å². The molecule has 0 saturated heterocycles. The topological polar surface area (TPSA) is 104 Å². The van der Waals surface area contributed by atoms with Crippen molar-refractivity contribution in [1.82, 2.24) is 5.32 Å². The summed E-state index contributed by atoms with van der Waals surface area (Å²) in [6.45, 7) is 7.66. The molecule has 2 amide bonds. The first-order chi connectivity index (χ1) is 16.5. The first kappa shape index (κ1) is 26.2. The largest absolute Gasteiger partial charge is 0.350 e. The molecule has 0 saturated carbocycles. The molecule has 1 atom stereocenters. The van der Waals surface area contributed by atoms with E-state index in [2.05, 4.69) is 15.4 Å². The zero-order chi connectivity index (χ0) is 25.8. The second-order valence-electron chi connectivity index (χ2n) is 8.33. The quantitative estimate of drug-likeness (QED) is 0.368. The van der Waals surface area contributed by atoms with Crippen LogP contribution >= 0.6 is 11.6 Å². The van der Waals surface area contributed by atoms with E-state index in [0.717, 1.165) is 17.5 Å². The number of hydrogen-bond acceptors (Lipinski definition) is 4. The normalized spacial score (nSPS) is 12.0. The van der Waals surface area contributed by atoms with Crippen LogP contribution in [0.1, 0.15) is 52.1 Å². The molecule has 0 aromatic heterocycles. The maximum atomic E-state index is 13.0. The number of halogens is 1. The lowest BCUT2D eigenvalue weighted by Crippen LogP contribution is -2.32. The first-order valence-electron chi connectivity index (χ1n) is 11.1. The highest BCUT2D eigenvalue weighted by Crippen LogP contribution is 2.27. The number of carbonyl (C=O) groups is 2. The summed E-state index contributed by atoms with van der Waals surface area (Å²) in [5.41, 5.74) is 3.04. The number of aryl methyl sites for hydroxylation is 2. The maximum Gasteiger partial charge on any atom is 0.263 e. The SMILES string of the molecule is CCC(C)NC(=O)c1ccccc1NC(=O)c1ccc(Cl)c(S(=O)(=O)Nc2ccc(C)c(C)c2)c1. The minimum atomic E-state index is -4.07. The fourth-order valence-electron chi connectivity index (χ4n) is 3.25. The van der Waals surface area contributed by atoms with Crippen molar-refractivity contribution in [3.05, 3.63) is 87.9 Å². The number of amides is 2. The lowest BCUT2D eigenvalue weighted by atomic mass is 10.1. The zero-order valence-corrected chi connectivity index (χ0v) is 21.5. The van der Waals surface area contributed by atoms with E-state index in [1.54, 1.807) is 36.4 Å². The molecular formula is C26H28ClN3O4S. The Balaban J connectivity index is 1.87. The Morgan fingerprint density at radius 1 is 0.943 bits per heavy atom. The number of carbonyl (C=O) groups excluding carboxylic acids is 2. The summed E-state index contributed by atoms with van der Waals surface area (Å²) in [6.07, 6.45) is 0.762. The minimum Gasteiger partial charge on any atom is -0.350 e. The van der Waals surface area contributed by atoms with Crippen LogP contribution in [0.5, 0.6) is 0 Å². The Morgan fingerprint density at radius 2 is 1.66 bits per heavy atom. The van der Waals surface area contributed by atoms with Crippen LogP contribution in [0.2, 0.25) is 5.02 Å². The Bertz CT molecular complexity index is 1370. The van der Waals surface area contributed by atoms with Gasteiger partial charge in [-0.25, -0.2) is 8.42 Å². The molecule has 3 aromatic carbocycles. The van der Waals surface area contributed by atoms with Gasteiger partial charge in [0.25, 0.3) is 21.8 Å². The fraction of sp³-hybridized carbons (Fsp3) is 0.231. The van der Waals surface area contributed by atoms with E-state index in [9.17, 15) is 18.0 Å². The molecule has 184 valence electrons. The van der Waals surface area contributed by atoms with E-state index in [-0.39, 0.29) is 27.4 Å². The number of nitrogens with one attached hydrogen (secondary N) is 3. The average Bonchev–Trinajstić information content (AvgIpc) is 2.81. The van der Waals surface area contributed by atoms with Gasteiger partial charge in [-0.2, -0.15) is 0 Å². The molecular weight excluding hydrogens is 486 g/mol. The molecule has 1 unspecified atom stereocenters. The van der Waals surface area contributed by atoms with E-state index < -0.39 is 15.9 Å². The summed E-state index contributed by atoms with van der Waals surface area (Å²) in [4.78, 5) is 25.4. The fourth-order valence-corrected chi connectivity index (χ4v) is 4.83. The third kappa shape index (κ3) is 6.41. The number of para-hydroxylation sites is 1. The van der Waals surface area contributed by atoms with Crippen molar-refractivity contribution in [2.45, 2.75) is 45.1 Å². The highest BCUT2D eigenvalue weighted by Gasteiger charge is 2.22. The van der Waals surface area contributed by atoms with Gasteiger partial charge in [-0.3, -0.25) is 14.3 Å². The van der Waals surface area contributed by atoms with Gasteiger partial charge in [0.05, 0.1) is 16.3 Å². The molecule has 3 N–H and O–H groups in total. The minimum absolute atomic E-state index is 0.0220. The van der Waals surface area contributed by atoms with Crippen LogP contribution in [0.4, 0.5) is 11.4 Å². The summed E-state index contributed by atoms with van der Waals surface area (Å²) in [5, 5.41) is 5.55. The smallest absolute Gasteiger partial charge is 0.263 e. The average molecular weight is 514 g/mol. The summed E-state index contributed by atoms with van der Waals surface area (Å²) in [7, 11) is -4.07. The maximum absolute atomic E-state index is 13.0. The molecule has 0 aliphatic heterocycles. The van der Waals surface area contributed by atoms with Crippen LogP contribution in [0.15, 0.2) is 65.6 Å². The summed E-state index contributed by atoms with van der Waals surface area (Å²) in [6, 6.07) is 15.8. The molecule has 0 aliphatic rings. The zero-order valence-electron chi connectivity index (χ0n) is 20.0. The van der Waals surface area contributed by atoms with Gasteiger partial charge < -0.3 is 10.6 Å². The van der Waals surface area contributed by atoms with Gasteiger partial charge >= 0.3 is 0 Å². The number of anilines is 2. The van der Waals surface area contributed by atoms with Gasteiger partial charge in [-0.15, -0.1) is 0 Å². The van der Waals surface area contributed by atoms with Gasteiger partial charge in [0, 0.05) is 17.3 Å². The van der Waals surface area contributed by atoms with Crippen molar-refractivity contribution < 1.29 is 18.0 Å². The highest BCUT2D eigenvalue weighted by atomic mass is 35.5. The number of sulfonamides is 1. The van der Waals surface area contributed by atoms with E-state index >= 15 is 0 Å². The summed E-state index contributed by atoms with van der Waals surface area (Å²) < 4.78 is 28.6.